The van der Waals surface area contributed by atoms with Crippen LogP contribution in [0.5, 0.6) is 5.19 Å². The minimum atomic E-state index is -0.444. The molecule has 1 unspecified atom stereocenters. The fraction of sp³-hybridized carbons (Fsp3) is 0.286. The van der Waals surface area contributed by atoms with Gasteiger partial charge in [-0.1, -0.05) is 23.5 Å². The monoisotopic (exact) mass is 307 g/mol. The average molecular weight is 307 g/mol. The predicted molar refractivity (Wildman–Crippen MR) is 78.1 cm³/mol. The molecule has 0 radical (unpaired) electrons. The minimum Gasteiger partial charge on any atom is -0.465 e. The number of nitrogens with zero attached hydrogens (tertiary/aromatic N) is 2. The minimum absolute atomic E-state index is 0.0671. The standard InChI is InChI=1S/C14H14FN3O2S/c15-11-3-1-2-4-12(11)17-13(19)18-7-5-10(9-18)20-14-16-6-8-21-14/h1-4,6,8,10H,5,7,9H2,(H,17,19). The number of rotatable bonds is 3. The summed E-state index contributed by atoms with van der Waals surface area (Å²) in [5.74, 6) is -0.444. The van der Waals surface area contributed by atoms with Gasteiger partial charge in [0.1, 0.15) is 11.9 Å². The first kappa shape index (κ1) is 13.8. The van der Waals surface area contributed by atoms with Crippen molar-refractivity contribution < 1.29 is 13.9 Å². The van der Waals surface area contributed by atoms with Crippen LogP contribution in [0.2, 0.25) is 0 Å². The van der Waals surface area contributed by atoms with Crippen molar-refractivity contribution in [3.05, 3.63) is 41.7 Å². The maximum atomic E-state index is 13.5. The molecule has 110 valence electrons. The van der Waals surface area contributed by atoms with Crippen LogP contribution in [0.4, 0.5) is 14.9 Å². The summed E-state index contributed by atoms with van der Waals surface area (Å²) >= 11 is 1.42. The van der Waals surface area contributed by atoms with E-state index < -0.39 is 5.82 Å². The number of carbonyl (C=O) groups is 1. The molecule has 1 aliphatic rings. The summed E-state index contributed by atoms with van der Waals surface area (Å²) in [7, 11) is 0. The number of amides is 2. The van der Waals surface area contributed by atoms with Crippen LogP contribution in [0, 0.1) is 5.82 Å². The van der Waals surface area contributed by atoms with Crippen molar-refractivity contribution in [1.29, 1.82) is 0 Å². The van der Waals surface area contributed by atoms with E-state index in [2.05, 4.69) is 10.3 Å². The number of urea groups is 1. The van der Waals surface area contributed by atoms with Crippen LogP contribution in [-0.2, 0) is 0 Å². The molecular weight excluding hydrogens is 293 g/mol. The number of hydrogen-bond donors (Lipinski definition) is 1. The Morgan fingerprint density at radius 1 is 1.48 bits per heavy atom. The van der Waals surface area contributed by atoms with Crippen molar-refractivity contribution in [1.82, 2.24) is 9.88 Å². The van der Waals surface area contributed by atoms with Crippen LogP contribution in [0.25, 0.3) is 0 Å². The van der Waals surface area contributed by atoms with Gasteiger partial charge < -0.3 is 15.0 Å². The highest BCUT2D eigenvalue weighted by Gasteiger charge is 2.28. The Labute approximate surface area is 125 Å². The van der Waals surface area contributed by atoms with Gasteiger partial charge in [0.05, 0.1) is 12.2 Å². The Morgan fingerprint density at radius 3 is 3.10 bits per heavy atom. The smallest absolute Gasteiger partial charge is 0.322 e. The molecule has 1 atom stereocenters. The van der Waals surface area contributed by atoms with Gasteiger partial charge in [0.2, 0.25) is 0 Å². The fourth-order valence-electron chi connectivity index (χ4n) is 2.18. The first-order valence-corrected chi connectivity index (χ1v) is 7.47. The largest absolute Gasteiger partial charge is 0.465 e. The van der Waals surface area contributed by atoms with Gasteiger partial charge >= 0.3 is 6.03 Å². The van der Waals surface area contributed by atoms with Crippen molar-refractivity contribution >= 4 is 23.1 Å². The first-order valence-electron chi connectivity index (χ1n) is 6.59. The SMILES string of the molecule is O=C(Nc1ccccc1F)N1CCC(Oc2nccs2)C1. The molecule has 1 aromatic heterocycles. The molecule has 1 fully saturated rings. The van der Waals surface area contributed by atoms with Gasteiger partial charge in [0.15, 0.2) is 0 Å². The molecule has 7 heteroatoms. The van der Waals surface area contributed by atoms with Crippen molar-refractivity contribution in [2.45, 2.75) is 12.5 Å². The molecule has 2 aromatic rings. The van der Waals surface area contributed by atoms with Gasteiger partial charge in [0, 0.05) is 24.5 Å². The first-order chi connectivity index (χ1) is 10.2. The number of benzene rings is 1. The van der Waals surface area contributed by atoms with Gasteiger partial charge in [-0.15, -0.1) is 0 Å². The van der Waals surface area contributed by atoms with E-state index in [1.54, 1.807) is 23.2 Å². The molecule has 5 nitrogen and oxygen atoms in total. The number of ether oxygens (including phenoxy) is 1. The number of anilines is 1. The van der Waals surface area contributed by atoms with Crippen LogP contribution < -0.4 is 10.1 Å². The van der Waals surface area contributed by atoms with E-state index >= 15 is 0 Å². The molecular formula is C14H14FN3O2S. The molecule has 3 rings (SSSR count). The maximum Gasteiger partial charge on any atom is 0.322 e. The summed E-state index contributed by atoms with van der Waals surface area (Å²) in [5, 5.41) is 5.02. The molecule has 1 aliphatic heterocycles. The highest BCUT2D eigenvalue weighted by Crippen LogP contribution is 2.21. The Hall–Kier alpha value is -2.15. The molecule has 0 saturated carbocycles. The molecule has 21 heavy (non-hydrogen) atoms. The molecule has 2 amide bonds. The maximum absolute atomic E-state index is 13.5. The lowest BCUT2D eigenvalue weighted by Gasteiger charge is -2.17. The normalized spacial score (nSPS) is 17.8. The lowest BCUT2D eigenvalue weighted by atomic mass is 10.3. The van der Waals surface area contributed by atoms with Crippen LogP contribution >= 0.6 is 11.3 Å². The Kier molecular flexibility index (Phi) is 4.01. The number of nitrogens with one attached hydrogen (secondary N) is 1. The fourth-order valence-corrected chi connectivity index (χ4v) is 2.73. The zero-order valence-corrected chi connectivity index (χ0v) is 12.0. The summed E-state index contributed by atoms with van der Waals surface area (Å²) < 4.78 is 19.2. The number of carbonyl (C=O) groups excluding carboxylic acids is 1. The summed E-state index contributed by atoms with van der Waals surface area (Å²) in [6.45, 7) is 1.05. The third kappa shape index (κ3) is 3.30. The summed E-state index contributed by atoms with van der Waals surface area (Å²) in [6.07, 6.45) is 2.35. The highest BCUT2D eigenvalue weighted by molar-refractivity contribution is 7.11. The third-order valence-corrected chi connectivity index (χ3v) is 3.89. The zero-order valence-electron chi connectivity index (χ0n) is 11.2. The number of para-hydroxylation sites is 1. The third-order valence-electron chi connectivity index (χ3n) is 3.22. The van der Waals surface area contributed by atoms with E-state index in [4.69, 9.17) is 4.74 Å². The summed E-state index contributed by atoms with van der Waals surface area (Å²) in [4.78, 5) is 17.8. The molecule has 0 bridgehead atoms. The van der Waals surface area contributed by atoms with Gasteiger partial charge in [-0.05, 0) is 12.1 Å². The van der Waals surface area contributed by atoms with E-state index in [1.165, 1.54) is 23.5 Å². The van der Waals surface area contributed by atoms with Gasteiger partial charge in [-0.25, -0.2) is 14.2 Å². The lowest BCUT2D eigenvalue weighted by molar-refractivity contribution is 0.194. The van der Waals surface area contributed by atoms with E-state index in [0.29, 0.717) is 18.3 Å². The van der Waals surface area contributed by atoms with Crippen molar-refractivity contribution in [3.63, 3.8) is 0 Å². The number of aromatic nitrogens is 1. The quantitative estimate of drug-likeness (QED) is 0.948. The summed E-state index contributed by atoms with van der Waals surface area (Å²) in [6, 6.07) is 5.79. The molecule has 1 aromatic carbocycles. The van der Waals surface area contributed by atoms with Gasteiger partial charge in [-0.2, -0.15) is 0 Å². The molecule has 0 aliphatic carbocycles. The Bertz CT molecular complexity index is 620. The van der Waals surface area contributed by atoms with E-state index in [9.17, 15) is 9.18 Å². The molecule has 1 saturated heterocycles. The van der Waals surface area contributed by atoms with Crippen molar-refractivity contribution in [2.75, 3.05) is 18.4 Å². The number of hydrogen-bond acceptors (Lipinski definition) is 4. The average Bonchev–Trinajstić information content (AvgIpc) is 3.13. The van der Waals surface area contributed by atoms with Crippen LogP contribution in [0.15, 0.2) is 35.8 Å². The number of halogens is 1. The summed E-state index contributed by atoms with van der Waals surface area (Å²) in [5.41, 5.74) is 0.187. The van der Waals surface area contributed by atoms with Gasteiger partial charge in [-0.3, -0.25) is 0 Å². The second kappa shape index (κ2) is 6.09. The Morgan fingerprint density at radius 2 is 2.33 bits per heavy atom. The Balaban J connectivity index is 1.56. The van der Waals surface area contributed by atoms with E-state index in [1.807, 2.05) is 5.38 Å². The van der Waals surface area contributed by atoms with E-state index in [-0.39, 0.29) is 17.8 Å². The molecule has 1 N–H and O–H groups in total. The predicted octanol–water partition coefficient (Wildman–Crippen LogP) is 2.97. The van der Waals surface area contributed by atoms with Crippen LogP contribution in [0.1, 0.15) is 6.42 Å². The highest BCUT2D eigenvalue weighted by atomic mass is 32.1. The van der Waals surface area contributed by atoms with Crippen LogP contribution in [-0.4, -0.2) is 35.1 Å². The second-order valence-electron chi connectivity index (χ2n) is 4.68. The van der Waals surface area contributed by atoms with Crippen LogP contribution in [0.3, 0.4) is 0 Å². The lowest BCUT2D eigenvalue weighted by Crippen LogP contribution is -2.34. The molecule has 2 heterocycles. The van der Waals surface area contributed by atoms with Crippen molar-refractivity contribution in [2.24, 2.45) is 0 Å². The van der Waals surface area contributed by atoms with E-state index in [0.717, 1.165) is 6.42 Å². The number of likely N-dealkylation sites (tertiary alicyclic amines) is 1. The molecule has 0 spiro atoms. The van der Waals surface area contributed by atoms with Gasteiger partial charge in [0.25, 0.3) is 5.19 Å². The van der Waals surface area contributed by atoms with Crippen molar-refractivity contribution in [3.8, 4) is 5.19 Å². The zero-order chi connectivity index (χ0) is 14.7. The topological polar surface area (TPSA) is 54.5 Å². The second-order valence-corrected chi connectivity index (χ2v) is 5.54. The number of thiazole rings is 1.